The van der Waals surface area contributed by atoms with Crippen molar-refractivity contribution < 1.29 is 36.6 Å². The first-order valence-corrected chi connectivity index (χ1v) is 6.35. The van der Waals surface area contributed by atoms with Crippen molar-refractivity contribution in [3.8, 4) is 0 Å². The van der Waals surface area contributed by atoms with Crippen molar-refractivity contribution in [3.63, 3.8) is 0 Å². The standard InChI is InChI=1S/C12H11F5N4O3/c1-11(7-4(13)2-3-5(18)19-7)6(14)8(12(15,16)17)20-9(24-11)21-10(22)23/h2-3,6,8H,1H3,(H2,18,19)(H,20,21)(H,22,23)/t6-,8+,11+/m1/s1. The molecule has 24 heavy (non-hydrogen) atoms. The number of alkyl halides is 4. The molecule has 0 aliphatic carbocycles. The second-order valence-electron chi connectivity index (χ2n) is 5.03. The maximum atomic E-state index is 14.5. The third-order valence-electron chi connectivity index (χ3n) is 3.26. The average Bonchev–Trinajstić information content (AvgIpc) is 2.43. The zero-order valence-corrected chi connectivity index (χ0v) is 11.9. The van der Waals surface area contributed by atoms with Crippen LogP contribution in [0.1, 0.15) is 12.6 Å². The molecule has 0 saturated heterocycles. The molecule has 0 saturated carbocycles. The van der Waals surface area contributed by atoms with Crippen LogP contribution in [-0.2, 0) is 10.3 Å². The van der Waals surface area contributed by atoms with Crippen molar-refractivity contribution in [2.75, 3.05) is 5.73 Å². The number of nitrogens with zero attached hydrogens (tertiary/aromatic N) is 2. The van der Waals surface area contributed by atoms with E-state index < -0.39 is 47.6 Å². The quantitative estimate of drug-likeness (QED) is 0.668. The number of ether oxygens (including phenoxy) is 1. The van der Waals surface area contributed by atoms with Crippen LogP contribution < -0.4 is 11.1 Å². The van der Waals surface area contributed by atoms with Crippen molar-refractivity contribution in [1.29, 1.82) is 0 Å². The number of amidine groups is 1. The monoisotopic (exact) mass is 354 g/mol. The number of hydrogen-bond acceptors (Lipinski definition) is 5. The molecule has 2 rings (SSSR count). The maximum Gasteiger partial charge on any atom is 0.413 e. The molecule has 1 amide bonds. The van der Waals surface area contributed by atoms with E-state index in [0.717, 1.165) is 19.1 Å². The van der Waals surface area contributed by atoms with E-state index in [2.05, 4.69) is 9.98 Å². The van der Waals surface area contributed by atoms with Crippen molar-refractivity contribution in [2.45, 2.75) is 30.9 Å². The Bertz CT molecular complexity index is 696. The molecule has 3 atom stereocenters. The average molecular weight is 354 g/mol. The van der Waals surface area contributed by atoms with Gasteiger partial charge in [-0.25, -0.2) is 28.9 Å². The van der Waals surface area contributed by atoms with Crippen LogP contribution in [0.5, 0.6) is 0 Å². The van der Waals surface area contributed by atoms with Crippen LogP contribution in [0.2, 0.25) is 0 Å². The molecule has 0 spiro atoms. The number of nitrogen functional groups attached to an aromatic ring is 1. The zero-order valence-electron chi connectivity index (χ0n) is 11.9. The predicted octanol–water partition coefficient (Wildman–Crippen LogP) is 1.94. The Labute approximate surface area is 131 Å². The van der Waals surface area contributed by atoms with E-state index in [1.165, 1.54) is 5.32 Å². The van der Waals surface area contributed by atoms with E-state index in [0.29, 0.717) is 0 Å². The van der Waals surface area contributed by atoms with E-state index in [9.17, 15) is 26.7 Å². The number of pyridine rings is 1. The molecule has 0 aromatic carbocycles. The van der Waals surface area contributed by atoms with Gasteiger partial charge in [0.25, 0.3) is 6.02 Å². The summed E-state index contributed by atoms with van der Waals surface area (Å²) in [6.45, 7) is 0.791. The predicted molar refractivity (Wildman–Crippen MR) is 70.4 cm³/mol. The Kier molecular flexibility index (Phi) is 4.25. The van der Waals surface area contributed by atoms with E-state index in [1.807, 2.05) is 0 Å². The van der Waals surface area contributed by atoms with Crippen LogP contribution in [-0.4, -0.2) is 40.6 Å². The Morgan fingerprint density at radius 1 is 1.46 bits per heavy atom. The number of anilines is 1. The van der Waals surface area contributed by atoms with Gasteiger partial charge >= 0.3 is 12.3 Å². The van der Waals surface area contributed by atoms with Crippen molar-refractivity contribution >= 4 is 17.9 Å². The first-order valence-electron chi connectivity index (χ1n) is 6.35. The van der Waals surface area contributed by atoms with Gasteiger partial charge in [-0.2, -0.15) is 13.2 Å². The number of nitrogens with one attached hydrogen (secondary N) is 1. The molecular formula is C12H11F5N4O3. The highest BCUT2D eigenvalue weighted by Crippen LogP contribution is 2.42. The molecule has 1 aliphatic heterocycles. The maximum absolute atomic E-state index is 14.5. The molecule has 7 nitrogen and oxygen atoms in total. The van der Waals surface area contributed by atoms with Gasteiger partial charge in [0, 0.05) is 0 Å². The summed E-state index contributed by atoms with van der Waals surface area (Å²) in [6, 6.07) is -2.33. The van der Waals surface area contributed by atoms with Crippen LogP contribution in [0.25, 0.3) is 0 Å². The first-order chi connectivity index (χ1) is 10.9. The van der Waals surface area contributed by atoms with E-state index >= 15 is 0 Å². The number of aromatic nitrogens is 1. The van der Waals surface area contributed by atoms with Crippen molar-refractivity contribution in [2.24, 2.45) is 4.99 Å². The second kappa shape index (κ2) is 5.76. The van der Waals surface area contributed by atoms with Crippen molar-refractivity contribution in [1.82, 2.24) is 10.3 Å². The molecular weight excluding hydrogens is 343 g/mol. The molecule has 4 N–H and O–H groups in total. The Balaban J connectivity index is 2.58. The molecule has 1 aromatic heterocycles. The summed E-state index contributed by atoms with van der Waals surface area (Å²) in [5.74, 6) is -1.46. The molecule has 0 bridgehead atoms. The number of aliphatic imine (C=N–C) groups is 1. The van der Waals surface area contributed by atoms with Gasteiger partial charge < -0.3 is 15.6 Å². The summed E-state index contributed by atoms with van der Waals surface area (Å²) >= 11 is 0. The molecule has 2 heterocycles. The fraction of sp³-hybridized carbons (Fsp3) is 0.417. The number of carbonyl (C=O) groups is 1. The summed E-state index contributed by atoms with van der Waals surface area (Å²) in [6.07, 6.45) is -9.87. The summed E-state index contributed by atoms with van der Waals surface area (Å²) < 4.78 is 72.4. The lowest BCUT2D eigenvalue weighted by atomic mass is 9.88. The lowest BCUT2D eigenvalue weighted by Gasteiger charge is -2.39. The third-order valence-corrected chi connectivity index (χ3v) is 3.26. The van der Waals surface area contributed by atoms with Gasteiger partial charge in [-0.1, -0.05) is 0 Å². The smallest absolute Gasteiger partial charge is 0.413 e. The highest BCUT2D eigenvalue weighted by Gasteiger charge is 2.59. The molecule has 0 unspecified atom stereocenters. The van der Waals surface area contributed by atoms with Crippen LogP contribution in [0.4, 0.5) is 32.6 Å². The van der Waals surface area contributed by atoms with Gasteiger partial charge in [0.2, 0.25) is 0 Å². The number of carboxylic acid groups (broad SMARTS) is 1. The van der Waals surface area contributed by atoms with Gasteiger partial charge in [0.05, 0.1) is 0 Å². The summed E-state index contributed by atoms with van der Waals surface area (Å²) in [7, 11) is 0. The number of rotatable bonds is 1. The Hall–Kier alpha value is -2.66. The Morgan fingerprint density at radius 2 is 2.08 bits per heavy atom. The summed E-state index contributed by atoms with van der Waals surface area (Å²) in [5.41, 5.74) is 1.90. The molecule has 0 radical (unpaired) electrons. The van der Waals surface area contributed by atoms with Crippen LogP contribution >= 0.6 is 0 Å². The Morgan fingerprint density at radius 3 is 2.62 bits per heavy atom. The summed E-state index contributed by atoms with van der Waals surface area (Å²) in [4.78, 5) is 17.0. The second-order valence-corrected chi connectivity index (χ2v) is 5.03. The fourth-order valence-corrected chi connectivity index (χ4v) is 2.15. The zero-order chi connectivity index (χ0) is 18.3. The third kappa shape index (κ3) is 3.16. The largest absolute Gasteiger partial charge is 0.465 e. The number of hydrogen-bond donors (Lipinski definition) is 3. The van der Waals surface area contributed by atoms with Gasteiger partial charge in [-0.3, -0.25) is 0 Å². The lowest BCUT2D eigenvalue weighted by molar-refractivity contribution is -0.188. The highest BCUT2D eigenvalue weighted by atomic mass is 19.4. The molecule has 1 aromatic rings. The molecule has 1 aliphatic rings. The first kappa shape index (κ1) is 17.7. The van der Waals surface area contributed by atoms with Gasteiger partial charge in [-0.15, -0.1) is 0 Å². The van der Waals surface area contributed by atoms with E-state index in [4.69, 9.17) is 15.6 Å². The van der Waals surface area contributed by atoms with E-state index in [-0.39, 0.29) is 5.82 Å². The highest BCUT2D eigenvalue weighted by molar-refractivity contribution is 5.90. The van der Waals surface area contributed by atoms with Crippen molar-refractivity contribution in [3.05, 3.63) is 23.6 Å². The fourth-order valence-electron chi connectivity index (χ4n) is 2.15. The minimum Gasteiger partial charge on any atom is -0.465 e. The minimum atomic E-state index is -5.17. The lowest BCUT2D eigenvalue weighted by Crippen LogP contribution is -2.56. The van der Waals surface area contributed by atoms with Crippen LogP contribution in [0, 0.1) is 5.82 Å². The van der Waals surface area contributed by atoms with Crippen LogP contribution in [0.15, 0.2) is 17.1 Å². The number of nitrogens with two attached hydrogens (primary N) is 1. The number of amides is 1. The topological polar surface area (TPSA) is 110 Å². The number of halogens is 5. The molecule has 0 fully saturated rings. The normalized spacial score (nSPS) is 27.2. The van der Waals surface area contributed by atoms with Crippen LogP contribution in [0.3, 0.4) is 0 Å². The van der Waals surface area contributed by atoms with Gasteiger partial charge in [0.15, 0.2) is 17.8 Å². The molecule has 132 valence electrons. The molecule has 12 heteroatoms. The van der Waals surface area contributed by atoms with Gasteiger partial charge in [-0.05, 0) is 19.1 Å². The van der Waals surface area contributed by atoms with Gasteiger partial charge in [0.1, 0.15) is 17.3 Å². The SMILES string of the molecule is C[C@]1(c2nc(N)ccc2F)OC(NC(=O)O)=N[C@H](C(F)(F)F)[C@H]1F. The minimum absolute atomic E-state index is 0.290. The summed E-state index contributed by atoms with van der Waals surface area (Å²) in [5, 5.41) is 10.1. The van der Waals surface area contributed by atoms with E-state index in [1.54, 1.807) is 0 Å².